The molecule has 0 unspecified atom stereocenters. The highest BCUT2D eigenvalue weighted by Gasteiger charge is 2.23. The summed E-state index contributed by atoms with van der Waals surface area (Å²) in [5.74, 6) is 0.674. The second kappa shape index (κ2) is 7.03. The molecule has 0 fully saturated rings. The fourth-order valence-corrected chi connectivity index (χ4v) is 2.39. The Kier molecular flexibility index (Phi) is 6.01. The summed E-state index contributed by atoms with van der Waals surface area (Å²) in [5, 5.41) is 3.60. The van der Waals surface area contributed by atoms with Gasteiger partial charge in [-0.1, -0.05) is 45.0 Å². The Morgan fingerprint density at radius 1 is 1.00 bits per heavy atom. The first-order valence-electron chi connectivity index (χ1n) is 6.58. The molecule has 96 valence electrons. The smallest absolute Gasteiger partial charge is 0.0405 e. The van der Waals surface area contributed by atoms with Crippen LogP contribution < -0.4 is 5.32 Å². The fraction of sp³-hybridized carbons (Fsp3) is 0.600. The van der Waals surface area contributed by atoms with Crippen LogP contribution in [0.5, 0.6) is 0 Å². The van der Waals surface area contributed by atoms with Gasteiger partial charge in [-0.25, -0.2) is 0 Å². The Labute approximate surface area is 111 Å². The monoisotopic (exact) mass is 253 g/mol. The topological polar surface area (TPSA) is 12.0 Å². The van der Waals surface area contributed by atoms with Crippen LogP contribution >= 0.6 is 11.6 Å². The number of halogens is 1. The largest absolute Gasteiger partial charge is 0.306 e. The van der Waals surface area contributed by atoms with Gasteiger partial charge in [-0.3, -0.25) is 0 Å². The molecular weight excluding hydrogens is 230 g/mol. The Bertz CT molecular complexity index is 306. The molecule has 0 saturated heterocycles. The van der Waals surface area contributed by atoms with E-state index in [1.54, 1.807) is 0 Å². The molecule has 0 aromatic heterocycles. The van der Waals surface area contributed by atoms with E-state index in [2.05, 4.69) is 50.4 Å². The second-order valence-corrected chi connectivity index (χ2v) is 4.91. The first-order valence-corrected chi connectivity index (χ1v) is 7.12. The maximum absolute atomic E-state index is 6.08. The van der Waals surface area contributed by atoms with Crippen molar-refractivity contribution in [1.29, 1.82) is 0 Å². The first kappa shape index (κ1) is 14.5. The van der Waals surface area contributed by atoms with Gasteiger partial charge in [0.15, 0.2) is 0 Å². The van der Waals surface area contributed by atoms with Crippen molar-refractivity contribution in [3.05, 3.63) is 35.4 Å². The van der Waals surface area contributed by atoms with E-state index in [1.165, 1.54) is 11.1 Å². The van der Waals surface area contributed by atoms with Crippen molar-refractivity contribution in [3.63, 3.8) is 0 Å². The average molecular weight is 254 g/mol. The van der Waals surface area contributed by atoms with Gasteiger partial charge in [0.05, 0.1) is 0 Å². The minimum atomic E-state index is 0.0883. The first-order chi connectivity index (χ1) is 8.19. The number of alkyl halides is 1. The SMILES string of the molecule is CCc1ccc(CNC(CC)(CC)CCl)cc1. The molecule has 1 rings (SSSR count). The van der Waals surface area contributed by atoms with Gasteiger partial charge in [-0.05, 0) is 30.4 Å². The zero-order valence-electron chi connectivity index (χ0n) is 11.2. The summed E-state index contributed by atoms with van der Waals surface area (Å²) in [6, 6.07) is 8.82. The highest BCUT2D eigenvalue weighted by atomic mass is 35.5. The molecule has 1 aromatic rings. The van der Waals surface area contributed by atoms with E-state index in [0.717, 1.165) is 25.8 Å². The molecule has 0 saturated carbocycles. The second-order valence-electron chi connectivity index (χ2n) is 4.64. The lowest BCUT2D eigenvalue weighted by Gasteiger charge is -2.31. The van der Waals surface area contributed by atoms with Gasteiger partial charge in [0, 0.05) is 18.0 Å². The molecule has 0 radical (unpaired) electrons. The Morgan fingerprint density at radius 2 is 1.53 bits per heavy atom. The zero-order chi connectivity index (χ0) is 12.7. The Morgan fingerprint density at radius 3 is 1.94 bits per heavy atom. The summed E-state index contributed by atoms with van der Waals surface area (Å²) in [5.41, 5.74) is 2.81. The molecule has 0 aliphatic heterocycles. The third-order valence-corrected chi connectivity index (χ3v) is 4.22. The van der Waals surface area contributed by atoms with Gasteiger partial charge < -0.3 is 5.32 Å². The van der Waals surface area contributed by atoms with Gasteiger partial charge in [0.25, 0.3) is 0 Å². The predicted molar refractivity (Wildman–Crippen MR) is 76.7 cm³/mol. The van der Waals surface area contributed by atoms with E-state index in [0.29, 0.717) is 5.88 Å². The van der Waals surface area contributed by atoms with E-state index in [1.807, 2.05) is 0 Å². The van der Waals surface area contributed by atoms with Gasteiger partial charge in [0.2, 0.25) is 0 Å². The van der Waals surface area contributed by atoms with Crippen molar-refractivity contribution >= 4 is 11.6 Å². The minimum absolute atomic E-state index is 0.0883. The van der Waals surface area contributed by atoms with E-state index in [9.17, 15) is 0 Å². The van der Waals surface area contributed by atoms with E-state index >= 15 is 0 Å². The Hall–Kier alpha value is -0.530. The molecule has 0 spiro atoms. The normalized spacial score (nSPS) is 11.8. The molecule has 0 aliphatic rings. The quantitative estimate of drug-likeness (QED) is 0.721. The molecule has 1 N–H and O–H groups in total. The molecule has 2 heteroatoms. The van der Waals surface area contributed by atoms with Crippen LogP contribution in [-0.4, -0.2) is 11.4 Å². The average Bonchev–Trinajstić information content (AvgIpc) is 2.41. The van der Waals surface area contributed by atoms with Crippen molar-refractivity contribution in [2.75, 3.05) is 5.88 Å². The number of hydrogen-bond acceptors (Lipinski definition) is 1. The van der Waals surface area contributed by atoms with Gasteiger partial charge >= 0.3 is 0 Å². The highest BCUT2D eigenvalue weighted by molar-refractivity contribution is 6.18. The van der Waals surface area contributed by atoms with Crippen LogP contribution in [0.3, 0.4) is 0 Å². The van der Waals surface area contributed by atoms with Gasteiger partial charge in [-0.2, -0.15) is 0 Å². The zero-order valence-corrected chi connectivity index (χ0v) is 12.0. The Balaban J connectivity index is 2.59. The van der Waals surface area contributed by atoms with Crippen molar-refractivity contribution in [2.24, 2.45) is 0 Å². The van der Waals surface area contributed by atoms with Crippen molar-refractivity contribution in [1.82, 2.24) is 5.32 Å². The molecular formula is C15H24ClN. The third-order valence-electron chi connectivity index (χ3n) is 3.71. The molecule has 17 heavy (non-hydrogen) atoms. The van der Waals surface area contributed by atoms with Crippen LogP contribution in [0.15, 0.2) is 24.3 Å². The number of rotatable bonds is 7. The predicted octanol–water partition coefficient (Wildman–Crippen LogP) is 4.14. The van der Waals surface area contributed by atoms with E-state index in [4.69, 9.17) is 11.6 Å². The van der Waals surface area contributed by atoms with Crippen LogP contribution in [0.25, 0.3) is 0 Å². The lowest BCUT2D eigenvalue weighted by Crippen LogP contribution is -2.45. The molecule has 0 atom stereocenters. The van der Waals surface area contributed by atoms with Crippen molar-refractivity contribution in [2.45, 2.75) is 52.1 Å². The summed E-state index contributed by atoms with van der Waals surface area (Å²) in [6.45, 7) is 7.47. The number of hydrogen-bond donors (Lipinski definition) is 1. The summed E-state index contributed by atoms with van der Waals surface area (Å²) in [7, 11) is 0. The molecule has 1 aromatic carbocycles. The van der Waals surface area contributed by atoms with Crippen LogP contribution in [0.1, 0.15) is 44.7 Å². The molecule has 0 aliphatic carbocycles. The lowest BCUT2D eigenvalue weighted by atomic mass is 9.95. The number of benzene rings is 1. The molecule has 0 amide bonds. The third kappa shape index (κ3) is 4.01. The summed E-state index contributed by atoms with van der Waals surface area (Å²) in [6.07, 6.45) is 3.24. The van der Waals surface area contributed by atoms with E-state index in [-0.39, 0.29) is 5.54 Å². The summed E-state index contributed by atoms with van der Waals surface area (Å²) in [4.78, 5) is 0. The molecule has 1 nitrogen and oxygen atoms in total. The fourth-order valence-electron chi connectivity index (χ4n) is 1.92. The lowest BCUT2D eigenvalue weighted by molar-refractivity contribution is 0.334. The molecule has 0 bridgehead atoms. The number of aryl methyl sites for hydroxylation is 1. The highest BCUT2D eigenvalue weighted by Crippen LogP contribution is 2.18. The van der Waals surface area contributed by atoms with Crippen LogP contribution in [-0.2, 0) is 13.0 Å². The van der Waals surface area contributed by atoms with Gasteiger partial charge in [-0.15, -0.1) is 11.6 Å². The summed E-state index contributed by atoms with van der Waals surface area (Å²) < 4.78 is 0. The van der Waals surface area contributed by atoms with Crippen LogP contribution in [0.2, 0.25) is 0 Å². The molecule has 0 heterocycles. The van der Waals surface area contributed by atoms with E-state index < -0.39 is 0 Å². The van der Waals surface area contributed by atoms with Gasteiger partial charge in [0.1, 0.15) is 0 Å². The van der Waals surface area contributed by atoms with Crippen molar-refractivity contribution in [3.8, 4) is 0 Å². The summed E-state index contributed by atoms with van der Waals surface area (Å²) >= 11 is 6.08. The van der Waals surface area contributed by atoms with Crippen LogP contribution in [0.4, 0.5) is 0 Å². The van der Waals surface area contributed by atoms with Crippen molar-refractivity contribution < 1.29 is 0 Å². The standard InChI is InChI=1S/C15H24ClN/c1-4-13-7-9-14(10-8-13)11-17-15(5-2,6-3)12-16/h7-10,17H,4-6,11-12H2,1-3H3. The van der Waals surface area contributed by atoms with Crippen LogP contribution in [0, 0.1) is 0 Å². The maximum atomic E-state index is 6.08. The minimum Gasteiger partial charge on any atom is -0.306 e. The number of nitrogens with one attached hydrogen (secondary N) is 1. The maximum Gasteiger partial charge on any atom is 0.0405 e.